The Hall–Kier alpha value is -2.96. The van der Waals surface area contributed by atoms with Crippen LogP contribution in [0.1, 0.15) is 0 Å². The lowest BCUT2D eigenvalue weighted by molar-refractivity contribution is -0.113. The molecule has 2 aromatic rings. The third kappa shape index (κ3) is 5.70. The Labute approximate surface area is 184 Å². The summed E-state index contributed by atoms with van der Waals surface area (Å²) in [7, 11) is -8.12. The second-order valence-electron chi connectivity index (χ2n) is 6.63. The van der Waals surface area contributed by atoms with E-state index in [2.05, 4.69) is 40.9 Å². The van der Waals surface area contributed by atoms with Gasteiger partial charge in [0, 0.05) is 0 Å². The number of nitrogens with one attached hydrogen (secondary N) is 2. The largest absolute Gasteiger partial charge is 0.517 e. The van der Waals surface area contributed by atoms with E-state index in [9.17, 15) is 9.13 Å². The second-order valence-corrected chi connectivity index (χ2v) is 9.81. The molecule has 3 saturated heterocycles. The molecule has 2 aromatic heterocycles. The smallest absolute Gasteiger partial charge is 0.368 e. The molecule has 0 unspecified atom stereocenters. The molecule has 0 aromatic carbocycles. The maximum Gasteiger partial charge on any atom is 0.517 e. The fourth-order valence-electron chi connectivity index (χ4n) is 2.40. The number of nitrogen functional groups attached to an aromatic ring is 4. The first-order valence-corrected chi connectivity index (χ1v) is 11.7. The highest BCUT2D eigenvalue weighted by Crippen LogP contribution is 2.61. The molecular formula is C11H18N12O8P2. The van der Waals surface area contributed by atoms with E-state index in [0.717, 1.165) is 0 Å². The van der Waals surface area contributed by atoms with Crippen LogP contribution >= 0.6 is 15.6 Å². The summed E-state index contributed by atoms with van der Waals surface area (Å²) in [6.07, 6.45) is 0. The van der Waals surface area contributed by atoms with Gasteiger partial charge in [-0.3, -0.25) is 18.1 Å². The minimum absolute atomic E-state index is 0.0494. The van der Waals surface area contributed by atoms with Crippen molar-refractivity contribution in [3.63, 3.8) is 0 Å². The Morgan fingerprint density at radius 3 is 1.61 bits per heavy atom. The maximum absolute atomic E-state index is 13.2. The third-order valence-electron chi connectivity index (χ3n) is 3.95. The summed E-state index contributed by atoms with van der Waals surface area (Å²) in [5.74, 6) is -1.55. The van der Waals surface area contributed by atoms with Crippen LogP contribution < -0.4 is 33.9 Å². The average Bonchev–Trinajstić information content (AvgIpc) is 2.75. The van der Waals surface area contributed by atoms with E-state index in [0.29, 0.717) is 0 Å². The molecule has 3 fully saturated rings. The van der Waals surface area contributed by atoms with Crippen molar-refractivity contribution in [1.82, 2.24) is 29.9 Å². The second kappa shape index (κ2) is 8.76. The molecule has 0 saturated carbocycles. The SMILES string of the molecule is Nc1nc(N)nc(NOP(=O)(OCC23COP(=O)(OC2)OC3)ONc2nc(N)nc(N)n2)n1. The Bertz CT molecular complexity index is 1010. The number of fused-ring (bicyclic) bond motifs is 3. The molecule has 0 spiro atoms. The topological polar surface area (TPSA) is 295 Å². The molecule has 33 heavy (non-hydrogen) atoms. The molecule has 5 heterocycles. The summed E-state index contributed by atoms with van der Waals surface area (Å²) in [6.45, 7) is -0.485. The Kier molecular flexibility index (Phi) is 6.16. The number of aromatic nitrogens is 6. The Morgan fingerprint density at radius 1 is 0.818 bits per heavy atom. The molecule has 0 radical (unpaired) electrons. The van der Waals surface area contributed by atoms with Crippen molar-refractivity contribution in [2.75, 3.05) is 60.3 Å². The van der Waals surface area contributed by atoms with Gasteiger partial charge in [0.1, 0.15) is 0 Å². The molecule has 10 N–H and O–H groups in total. The summed E-state index contributed by atoms with van der Waals surface area (Å²) in [5.41, 5.74) is 25.2. The van der Waals surface area contributed by atoms with Crippen molar-refractivity contribution in [3.8, 4) is 0 Å². The molecule has 3 aliphatic rings. The number of nitrogens with zero attached hydrogens (tertiary/aromatic N) is 6. The van der Waals surface area contributed by atoms with E-state index in [-0.39, 0.29) is 62.1 Å². The molecular weight excluding hydrogens is 490 g/mol. The van der Waals surface area contributed by atoms with Crippen molar-refractivity contribution in [2.45, 2.75) is 0 Å². The quantitative estimate of drug-likeness (QED) is 0.176. The molecule has 0 aliphatic carbocycles. The summed E-state index contributed by atoms with van der Waals surface area (Å²) >= 11 is 0. The zero-order valence-electron chi connectivity index (χ0n) is 16.5. The molecule has 2 bridgehead atoms. The number of phosphoric acid groups is 2. The van der Waals surface area contributed by atoms with Crippen LogP contribution in [0.15, 0.2) is 0 Å². The average molecular weight is 508 g/mol. The number of hydrogen-bond acceptors (Lipinski definition) is 20. The molecule has 22 heteroatoms. The van der Waals surface area contributed by atoms with Gasteiger partial charge in [-0.2, -0.15) is 39.2 Å². The van der Waals surface area contributed by atoms with E-state index < -0.39 is 21.1 Å². The van der Waals surface area contributed by atoms with Gasteiger partial charge >= 0.3 is 15.6 Å². The predicted octanol–water partition coefficient (Wildman–Crippen LogP) is -0.931. The zero-order valence-corrected chi connectivity index (χ0v) is 18.3. The summed E-state index contributed by atoms with van der Waals surface area (Å²) in [4.78, 5) is 22.0. The number of phosphoric ester groups is 1. The van der Waals surface area contributed by atoms with Gasteiger partial charge in [-0.1, -0.05) is 0 Å². The molecule has 0 amide bonds. The van der Waals surface area contributed by atoms with E-state index in [1.807, 2.05) is 0 Å². The highest BCUT2D eigenvalue weighted by molar-refractivity contribution is 7.49. The van der Waals surface area contributed by atoms with E-state index in [1.54, 1.807) is 0 Å². The van der Waals surface area contributed by atoms with Gasteiger partial charge in [0.15, 0.2) is 0 Å². The minimum Gasteiger partial charge on any atom is -0.368 e. The van der Waals surface area contributed by atoms with Crippen LogP contribution in [0.3, 0.4) is 0 Å². The summed E-state index contributed by atoms with van der Waals surface area (Å²) < 4.78 is 55.8. The van der Waals surface area contributed by atoms with Crippen LogP contribution in [-0.2, 0) is 36.5 Å². The van der Waals surface area contributed by atoms with Crippen molar-refractivity contribution < 1.29 is 36.5 Å². The van der Waals surface area contributed by atoms with Gasteiger partial charge in [0.25, 0.3) is 11.9 Å². The van der Waals surface area contributed by atoms with Crippen LogP contribution in [0.5, 0.6) is 0 Å². The van der Waals surface area contributed by atoms with Crippen molar-refractivity contribution in [2.24, 2.45) is 5.41 Å². The van der Waals surface area contributed by atoms with Crippen molar-refractivity contribution >= 4 is 51.3 Å². The first-order valence-electron chi connectivity index (χ1n) is 8.78. The number of nitrogens with two attached hydrogens (primary N) is 4. The van der Waals surface area contributed by atoms with Gasteiger partial charge in [-0.05, 0) is 0 Å². The summed E-state index contributed by atoms with van der Waals surface area (Å²) in [5, 5.41) is 0. The standard InChI is InChI=1S/C11H18N12O8P2/c12-5-16-6(13)19-9(18-5)22-30-33(25,31-23-10-20-7(14)17-8(15)21-10)29-4-11-1-26-32(24,27-2-11)28-3-11/h1-4H2,(H5,12,13,16,18,19,22)(H5,14,15,17,20,21,23). The highest BCUT2D eigenvalue weighted by Gasteiger charge is 2.52. The Morgan fingerprint density at radius 2 is 1.21 bits per heavy atom. The van der Waals surface area contributed by atoms with Crippen LogP contribution in [-0.4, -0.2) is 56.3 Å². The number of anilines is 6. The molecule has 0 atom stereocenters. The highest BCUT2D eigenvalue weighted by atomic mass is 31.2. The van der Waals surface area contributed by atoms with E-state index in [4.69, 9.17) is 50.3 Å². The number of rotatable bonds is 9. The van der Waals surface area contributed by atoms with Gasteiger partial charge in [0.2, 0.25) is 23.8 Å². The molecule has 3 aliphatic heterocycles. The van der Waals surface area contributed by atoms with Crippen molar-refractivity contribution in [1.29, 1.82) is 0 Å². The lowest BCUT2D eigenvalue weighted by atomic mass is 9.93. The van der Waals surface area contributed by atoms with Crippen molar-refractivity contribution in [3.05, 3.63) is 0 Å². The maximum atomic E-state index is 13.2. The summed E-state index contributed by atoms with van der Waals surface area (Å²) in [6, 6.07) is 0. The zero-order chi connectivity index (χ0) is 23.7. The lowest BCUT2D eigenvalue weighted by Crippen LogP contribution is -2.47. The van der Waals surface area contributed by atoms with E-state index in [1.165, 1.54) is 0 Å². The fourth-order valence-corrected chi connectivity index (χ4v) is 4.88. The van der Waals surface area contributed by atoms with Crippen LogP contribution in [0.4, 0.5) is 35.7 Å². The molecule has 180 valence electrons. The minimum atomic E-state index is -4.55. The molecule has 5 rings (SSSR count). The molecule has 20 nitrogen and oxygen atoms in total. The van der Waals surface area contributed by atoms with Gasteiger partial charge in [-0.15, -0.1) is 0 Å². The van der Waals surface area contributed by atoms with Crippen LogP contribution in [0.2, 0.25) is 0 Å². The predicted molar refractivity (Wildman–Crippen MR) is 108 cm³/mol. The monoisotopic (exact) mass is 508 g/mol. The van der Waals surface area contributed by atoms with Crippen LogP contribution in [0.25, 0.3) is 0 Å². The Balaban J connectivity index is 1.47. The first kappa shape index (κ1) is 23.2. The fraction of sp³-hybridized carbons (Fsp3) is 0.455. The number of hydrogen-bond donors (Lipinski definition) is 6. The van der Waals surface area contributed by atoms with E-state index >= 15 is 0 Å². The lowest BCUT2D eigenvalue weighted by Gasteiger charge is -2.43. The van der Waals surface area contributed by atoms with Gasteiger partial charge < -0.3 is 22.9 Å². The normalized spacial score (nSPS) is 24.5. The van der Waals surface area contributed by atoms with Crippen LogP contribution in [0, 0.1) is 5.41 Å². The van der Waals surface area contributed by atoms with Gasteiger partial charge in [-0.25, -0.2) is 20.1 Å². The first-order chi connectivity index (χ1) is 15.6. The van der Waals surface area contributed by atoms with Gasteiger partial charge in [0.05, 0.1) is 31.8 Å². The third-order valence-corrected chi connectivity index (χ3v) is 6.36.